The minimum Gasteiger partial charge on any atom is -0.450 e. The molecule has 1 heterocycles. The normalized spacial score (nSPS) is 15.6. The van der Waals surface area contributed by atoms with Crippen LogP contribution in [0.3, 0.4) is 0 Å². The molecule has 8 nitrogen and oxygen atoms in total. The molecule has 1 aromatic heterocycles. The van der Waals surface area contributed by atoms with Gasteiger partial charge in [0.2, 0.25) is 5.76 Å². The Kier molecular flexibility index (Phi) is 4.28. The van der Waals surface area contributed by atoms with Crippen molar-refractivity contribution in [3.63, 3.8) is 0 Å². The van der Waals surface area contributed by atoms with E-state index in [0.717, 1.165) is 30.5 Å². The van der Waals surface area contributed by atoms with E-state index in [1.165, 1.54) is 5.56 Å². The maximum atomic E-state index is 11.9. The molecule has 0 bridgehead atoms. The number of furan rings is 1. The molecule has 1 aromatic carbocycles. The number of hydrogen-bond donors (Lipinski definition) is 1. The van der Waals surface area contributed by atoms with Crippen LogP contribution in [0.4, 0.5) is 5.88 Å². The summed E-state index contributed by atoms with van der Waals surface area (Å²) in [6.45, 7) is -0.480. The highest BCUT2D eigenvalue weighted by Crippen LogP contribution is 2.30. The van der Waals surface area contributed by atoms with E-state index in [1.807, 2.05) is 24.3 Å². The SMILES string of the molecule is O=C(COC(=O)c1ccc([N+](=O)[O-])o1)NC1CCc2ccccc21. The van der Waals surface area contributed by atoms with Crippen LogP contribution in [0.5, 0.6) is 0 Å². The van der Waals surface area contributed by atoms with Gasteiger partial charge in [-0.15, -0.1) is 0 Å². The number of rotatable bonds is 5. The molecule has 1 aliphatic rings. The van der Waals surface area contributed by atoms with Gasteiger partial charge in [-0.2, -0.15) is 0 Å². The van der Waals surface area contributed by atoms with Gasteiger partial charge in [0.15, 0.2) is 6.61 Å². The molecule has 0 spiro atoms. The second kappa shape index (κ2) is 6.53. The number of nitrogens with one attached hydrogen (secondary N) is 1. The first-order valence-corrected chi connectivity index (χ1v) is 7.33. The molecule has 0 aliphatic heterocycles. The molecule has 8 heteroatoms. The summed E-state index contributed by atoms with van der Waals surface area (Å²) in [5.41, 5.74) is 2.27. The Labute approximate surface area is 136 Å². The molecule has 0 saturated heterocycles. The number of hydrogen-bond acceptors (Lipinski definition) is 6. The molecular weight excluding hydrogens is 316 g/mol. The van der Waals surface area contributed by atoms with Gasteiger partial charge in [0, 0.05) is 0 Å². The minimum absolute atomic E-state index is 0.0999. The Balaban J connectivity index is 1.52. The van der Waals surface area contributed by atoms with Crippen LogP contribution in [0.15, 0.2) is 40.8 Å². The predicted octanol–water partition coefficient (Wildman–Crippen LogP) is 2.15. The summed E-state index contributed by atoms with van der Waals surface area (Å²) >= 11 is 0. The smallest absolute Gasteiger partial charge is 0.433 e. The van der Waals surface area contributed by atoms with Crippen molar-refractivity contribution in [2.24, 2.45) is 0 Å². The third-order valence-corrected chi connectivity index (χ3v) is 3.78. The van der Waals surface area contributed by atoms with Gasteiger partial charge in [-0.3, -0.25) is 14.9 Å². The quantitative estimate of drug-likeness (QED) is 0.511. The fraction of sp³-hybridized carbons (Fsp3) is 0.250. The first kappa shape index (κ1) is 15.7. The van der Waals surface area contributed by atoms with E-state index in [9.17, 15) is 19.7 Å². The first-order valence-electron chi connectivity index (χ1n) is 7.33. The Hall–Kier alpha value is -3.16. The number of carbonyl (C=O) groups is 2. The Morgan fingerprint density at radius 3 is 2.83 bits per heavy atom. The summed E-state index contributed by atoms with van der Waals surface area (Å²) in [5, 5.41) is 13.3. The number of carbonyl (C=O) groups excluding carboxylic acids is 2. The molecule has 0 saturated carbocycles. The van der Waals surface area contributed by atoms with Gasteiger partial charge in [0.05, 0.1) is 12.1 Å². The number of nitrogens with zero attached hydrogens (tertiary/aromatic N) is 1. The number of aryl methyl sites for hydroxylation is 1. The third kappa shape index (κ3) is 3.27. The minimum atomic E-state index is -0.926. The van der Waals surface area contributed by atoms with Gasteiger partial charge in [-0.1, -0.05) is 24.3 Å². The average molecular weight is 330 g/mol. The third-order valence-electron chi connectivity index (χ3n) is 3.78. The van der Waals surface area contributed by atoms with Crippen molar-refractivity contribution in [1.82, 2.24) is 5.32 Å². The second-order valence-corrected chi connectivity index (χ2v) is 5.33. The van der Waals surface area contributed by atoms with Crippen LogP contribution >= 0.6 is 0 Å². The van der Waals surface area contributed by atoms with Crippen molar-refractivity contribution in [1.29, 1.82) is 0 Å². The van der Waals surface area contributed by atoms with Crippen LogP contribution in [0, 0.1) is 10.1 Å². The van der Waals surface area contributed by atoms with E-state index < -0.39 is 29.3 Å². The lowest BCUT2D eigenvalue weighted by Crippen LogP contribution is -2.31. The Morgan fingerprint density at radius 2 is 2.08 bits per heavy atom. The van der Waals surface area contributed by atoms with Crippen LogP contribution in [-0.4, -0.2) is 23.4 Å². The fourth-order valence-corrected chi connectivity index (χ4v) is 2.68. The number of benzene rings is 1. The average Bonchev–Trinajstić information content (AvgIpc) is 3.20. The number of nitro groups is 1. The molecular formula is C16H14N2O6. The predicted molar refractivity (Wildman–Crippen MR) is 81.3 cm³/mol. The van der Waals surface area contributed by atoms with E-state index in [-0.39, 0.29) is 11.8 Å². The molecule has 1 aliphatic carbocycles. The topological polar surface area (TPSA) is 112 Å². The molecule has 0 fully saturated rings. The molecule has 3 rings (SSSR count). The van der Waals surface area contributed by atoms with Gasteiger partial charge < -0.3 is 14.5 Å². The Morgan fingerprint density at radius 1 is 1.29 bits per heavy atom. The lowest BCUT2D eigenvalue weighted by molar-refractivity contribution is -0.402. The molecule has 1 N–H and O–H groups in total. The van der Waals surface area contributed by atoms with Crippen molar-refractivity contribution in [3.8, 4) is 0 Å². The summed E-state index contributed by atoms with van der Waals surface area (Å²) in [5.74, 6) is -2.24. The summed E-state index contributed by atoms with van der Waals surface area (Å²) in [4.78, 5) is 33.4. The van der Waals surface area contributed by atoms with E-state index >= 15 is 0 Å². The van der Waals surface area contributed by atoms with E-state index in [1.54, 1.807) is 0 Å². The van der Waals surface area contributed by atoms with E-state index in [0.29, 0.717) is 0 Å². The highest BCUT2D eigenvalue weighted by Gasteiger charge is 2.24. The van der Waals surface area contributed by atoms with Gasteiger partial charge in [-0.05, 0) is 30.0 Å². The summed E-state index contributed by atoms with van der Waals surface area (Å²) in [6.07, 6.45) is 1.68. The first-order chi connectivity index (χ1) is 11.5. The lowest BCUT2D eigenvalue weighted by atomic mass is 10.1. The zero-order chi connectivity index (χ0) is 17.1. The zero-order valence-corrected chi connectivity index (χ0v) is 12.6. The summed E-state index contributed by atoms with van der Waals surface area (Å²) < 4.78 is 9.53. The van der Waals surface area contributed by atoms with Gasteiger partial charge in [0.1, 0.15) is 4.92 Å². The lowest BCUT2D eigenvalue weighted by Gasteiger charge is -2.13. The highest BCUT2D eigenvalue weighted by atomic mass is 16.7. The fourth-order valence-electron chi connectivity index (χ4n) is 2.68. The van der Waals surface area contributed by atoms with Crippen molar-refractivity contribution >= 4 is 17.8 Å². The highest BCUT2D eigenvalue weighted by molar-refractivity contribution is 5.89. The molecule has 24 heavy (non-hydrogen) atoms. The van der Waals surface area contributed by atoms with Crippen molar-refractivity contribution in [2.75, 3.05) is 6.61 Å². The van der Waals surface area contributed by atoms with Crippen LogP contribution in [0.1, 0.15) is 34.1 Å². The van der Waals surface area contributed by atoms with Crippen molar-refractivity contribution in [3.05, 3.63) is 63.4 Å². The molecule has 1 amide bonds. The van der Waals surface area contributed by atoms with Gasteiger partial charge >= 0.3 is 11.9 Å². The maximum absolute atomic E-state index is 11.9. The second-order valence-electron chi connectivity index (χ2n) is 5.33. The number of ether oxygens (including phenoxy) is 1. The van der Waals surface area contributed by atoms with E-state index in [2.05, 4.69) is 5.32 Å². The van der Waals surface area contributed by atoms with Gasteiger partial charge in [0.25, 0.3) is 5.91 Å². The zero-order valence-electron chi connectivity index (χ0n) is 12.6. The number of fused-ring (bicyclic) bond motifs is 1. The van der Waals surface area contributed by atoms with Crippen LogP contribution in [0.25, 0.3) is 0 Å². The molecule has 0 radical (unpaired) electrons. The molecule has 1 atom stereocenters. The largest absolute Gasteiger partial charge is 0.450 e. The summed E-state index contributed by atoms with van der Waals surface area (Å²) in [7, 11) is 0. The van der Waals surface area contributed by atoms with Crippen LogP contribution in [0.2, 0.25) is 0 Å². The van der Waals surface area contributed by atoms with Gasteiger partial charge in [-0.25, -0.2) is 4.79 Å². The monoisotopic (exact) mass is 330 g/mol. The van der Waals surface area contributed by atoms with E-state index in [4.69, 9.17) is 9.15 Å². The standard InChI is InChI=1S/C16H14N2O6/c19-14(17-12-6-5-10-3-1-2-4-11(10)12)9-23-16(20)13-7-8-15(24-13)18(21)22/h1-4,7-8,12H,5-6,9H2,(H,17,19). The molecule has 1 unspecified atom stereocenters. The van der Waals surface area contributed by atoms with Crippen molar-refractivity contribution in [2.45, 2.75) is 18.9 Å². The number of esters is 1. The van der Waals surface area contributed by atoms with Crippen LogP contribution < -0.4 is 5.32 Å². The van der Waals surface area contributed by atoms with Crippen molar-refractivity contribution < 1.29 is 23.7 Å². The maximum Gasteiger partial charge on any atom is 0.433 e. The Bertz CT molecular complexity index is 797. The molecule has 2 aromatic rings. The number of amides is 1. The van der Waals surface area contributed by atoms with Crippen LogP contribution in [-0.2, 0) is 16.0 Å². The summed E-state index contributed by atoms with van der Waals surface area (Å²) in [6, 6.07) is 9.92. The molecule has 124 valence electrons.